The minimum Gasteiger partial charge on any atom is -0.477 e. The van der Waals surface area contributed by atoms with Gasteiger partial charge in [0.25, 0.3) is 0 Å². The maximum Gasteiger partial charge on any atom is 0.360 e. The number of aliphatic imine (C=N–C) groups is 1. The first-order valence-electron chi connectivity index (χ1n) is 11.3. The molecule has 28 heavy (non-hydrogen) atoms. The Morgan fingerprint density at radius 2 is 1.64 bits per heavy atom. The maximum atomic E-state index is 11.2. The van der Waals surface area contributed by atoms with Crippen LogP contribution in [0.3, 0.4) is 0 Å². The molecule has 0 amide bonds. The Morgan fingerprint density at radius 1 is 1.07 bits per heavy atom. The van der Waals surface area contributed by atoms with Crippen molar-refractivity contribution in [3.8, 4) is 0 Å². The molecule has 0 saturated carbocycles. The summed E-state index contributed by atoms with van der Waals surface area (Å²) in [4.78, 5) is 15.7. The number of rotatable bonds is 17. The quantitative estimate of drug-likeness (QED) is 0.189. The van der Waals surface area contributed by atoms with Crippen LogP contribution in [-0.2, 0) is 4.79 Å². The Labute approximate surface area is 172 Å². The molecule has 0 fully saturated rings. The van der Waals surface area contributed by atoms with Crippen LogP contribution in [0.4, 0.5) is 0 Å². The third-order valence-corrected chi connectivity index (χ3v) is 5.55. The molecule has 0 spiro atoms. The van der Waals surface area contributed by atoms with Gasteiger partial charge in [0.2, 0.25) is 5.84 Å². The number of hydrogen-bond donors (Lipinski definition) is 2. The molecule has 1 rings (SSSR count). The summed E-state index contributed by atoms with van der Waals surface area (Å²) in [7, 11) is 0. The van der Waals surface area contributed by atoms with Crippen molar-refractivity contribution in [1.29, 1.82) is 0 Å². The van der Waals surface area contributed by atoms with Crippen LogP contribution in [0.25, 0.3) is 0 Å². The summed E-state index contributed by atoms with van der Waals surface area (Å²) in [6.07, 6.45) is 23.9. The second kappa shape index (κ2) is 14.5. The molecule has 2 atom stereocenters. The van der Waals surface area contributed by atoms with Crippen LogP contribution in [0.5, 0.6) is 0 Å². The van der Waals surface area contributed by atoms with Gasteiger partial charge >= 0.3 is 5.97 Å². The summed E-state index contributed by atoms with van der Waals surface area (Å²) in [6, 6.07) is 0. The number of quaternary nitrogens is 1. The van der Waals surface area contributed by atoms with Gasteiger partial charge in [0, 0.05) is 13.3 Å². The number of nitrogens with two attached hydrogens (primary N) is 1. The molecule has 0 aromatic heterocycles. The normalized spacial score (nSPS) is 20.0. The van der Waals surface area contributed by atoms with Crippen LogP contribution in [0.2, 0.25) is 0 Å². The average Bonchev–Trinajstić information content (AvgIpc) is 3.05. The van der Waals surface area contributed by atoms with Crippen LogP contribution in [-0.4, -0.2) is 34.1 Å². The van der Waals surface area contributed by atoms with Gasteiger partial charge in [-0.2, -0.15) is 0 Å². The van der Waals surface area contributed by atoms with E-state index in [1.165, 1.54) is 70.6 Å². The molecule has 0 aromatic carbocycles. The largest absolute Gasteiger partial charge is 0.477 e. The van der Waals surface area contributed by atoms with Crippen LogP contribution in [0.1, 0.15) is 97.3 Å². The van der Waals surface area contributed by atoms with Crippen LogP contribution in [0.15, 0.2) is 29.5 Å². The Balaban J connectivity index is 2.06. The lowest BCUT2D eigenvalue weighted by Crippen LogP contribution is -2.59. The van der Waals surface area contributed by atoms with Crippen molar-refractivity contribution in [3.05, 3.63) is 24.6 Å². The van der Waals surface area contributed by atoms with Crippen molar-refractivity contribution < 1.29 is 14.4 Å². The van der Waals surface area contributed by atoms with Gasteiger partial charge in [-0.1, -0.05) is 70.4 Å². The third-order valence-electron chi connectivity index (χ3n) is 5.55. The Bertz CT molecular complexity index is 526. The van der Waals surface area contributed by atoms with Crippen molar-refractivity contribution in [1.82, 2.24) is 0 Å². The van der Waals surface area contributed by atoms with Crippen LogP contribution in [0, 0.1) is 0 Å². The lowest BCUT2D eigenvalue weighted by molar-refractivity contribution is -0.805. The van der Waals surface area contributed by atoms with E-state index in [9.17, 15) is 9.90 Å². The molecule has 0 radical (unpaired) electrons. The number of allylic oxidation sites excluding steroid dienone is 2. The average molecular weight is 393 g/mol. The van der Waals surface area contributed by atoms with E-state index >= 15 is 0 Å². The first-order chi connectivity index (χ1) is 13.5. The highest BCUT2D eigenvalue weighted by Gasteiger charge is 2.40. The summed E-state index contributed by atoms with van der Waals surface area (Å²) in [5.41, 5.74) is 6.09. The molecule has 5 nitrogen and oxygen atoms in total. The van der Waals surface area contributed by atoms with Gasteiger partial charge in [0.15, 0.2) is 6.54 Å². The summed E-state index contributed by atoms with van der Waals surface area (Å²) in [5, 5.41) is 9.24. The topological polar surface area (TPSA) is 75.7 Å². The Hall–Kier alpha value is -1.46. The molecule has 0 bridgehead atoms. The highest BCUT2D eigenvalue weighted by molar-refractivity contribution is 5.81. The summed E-state index contributed by atoms with van der Waals surface area (Å²) >= 11 is 0. The SMILES string of the molecule is CCC/C=C/CCCCCCCCCCCC1=NC=C[N+]1(CC(=O)O)C(C)N. The first kappa shape index (κ1) is 24.6. The van der Waals surface area contributed by atoms with Gasteiger partial charge in [-0.05, 0) is 25.7 Å². The van der Waals surface area contributed by atoms with Crippen molar-refractivity contribution >= 4 is 11.8 Å². The summed E-state index contributed by atoms with van der Waals surface area (Å²) in [6.45, 7) is 4.05. The lowest BCUT2D eigenvalue weighted by Gasteiger charge is -2.34. The van der Waals surface area contributed by atoms with Crippen molar-refractivity contribution in [2.45, 2.75) is 103 Å². The molecule has 1 aliphatic heterocycles. The molecular formula is C23H42N3O2+. The van der Waals surface area contributed by atoms with E-state index in [1.54, 1.807) is 6.20 Å². The van der Waals surface area contributed by atoms with Crippen molar-refractivity contribution in [2.24, 2.45) is 10.7 Å². The molecule has 2 unspecified atom stereocenters. The fraction of sp³-hybridized carbons (Fsp3) is 0.739. The third kappa shape index (κ3) is 9.16. The number of hydrogen-bond acceptors (Lipinski definition) is 3. The summed E-state index contributed by atoms with van der Waals surface area (Å²) < 4.78 is 0.170. The molecule has 0 aromatic rings. The smallest absolute Gasteiger partial charge is 0.360 e. The van der Waals surface area contributed by atoms with Gasteiger partial charge in [0.1, 0.15) is 12.4 Å². The number of aliphatic carboxylic acids is 1. The number of carboxylic acid groups (broad SMARTS) is 1. The van der Waals surface area contributed by atoms with Gasteiger partial charge in [-0.25, -0.2) is 14.3 Å². The molecule has 0 aliphatic carbocycles. The predicted molar refractivity (Wildman–Crippen MR) is 118 cm³/mol. The Morgan fingerprint density at radius 3 is 2.21 bits per heavy atom. The molecule has 1 aliphatic rings. The van der Waals surface area contributed by atoms with Crippen molar-refractivity contribution in [3.63, 3.8) is 0 Å². The highest BCUT2D eigenvalue weighted by Crippen LogP contribution is 2.23. The minimum absolute atomic E-state index is 0.0264. The predicted octanol–water partition coefficient (Wildman–Crippen LogP) is 5.72. The van der Waals surface area contributed by atoms with Gasteiger partial charge < -0.3 is 5.11 Å². The zero-order chi connectivity index (χ0) is 20.7. The molecule has 1 heterocycles. The zero-order valence-corrected chi connectivity index (χ0v) is 18.1. The number of unbranched alkanes of at least 4 members (excludes halogenated alkanes) is 10. The highest BCUT2D eigenvalue weighted by atomic mass is 16.4. The number of carbonyl (C=O) groups is 1. The standard InChI is InChI=1S/C23H41N3O2/c1-3-4-5-6-7-8-9-10-11-12-13-14-15-16-17-22-25-18-19-26(22,21(2)24)20-23(27)28/h5-6,18-19,21H,3-4,7-17,20,24H2,1-2H3/p+1/b6-5+. The van der Waals surface area contributed by atoms with E-state index in [0.29, 0.717) is 0 Å². The number of nitrogens with zero attached hydrogens (tertiary/aromatic N) is 2. The number of carboxylic acids is 1. The Kier molecular flexibility index (Phi) is 12.8. The minimum atomic E-state index is -0.839. The van der Waals surface area contributed by atoms with Crippen LogP contribution >= 0.6 is 0 Å². The van der Waals surface area contributed by atoms with E-state index in [0.717, 1.165) is 18.7 Å². The second-order valence-electron chi connectivity index (χ2n) is 8.05. The van der Waals surface area contributed by atoms with E-state index in [4.69, 9.17) is 5.73 Å². The van der Waals surface area contributed by atoms with E-state index in [-0.39, 0.29) is 17.2 Å². The fourth-order valence-corrected chi connectivity index (χ4v) is 3.77. The second-order valence-corrected chi connectivity index (χ2v) is 8.05. The molecule has 5 heteroatoms. The van der Waals surface area contributed by atoms with Crippen LogP contribution < -0.4 is 5.73 Å². The molecule has 3 N–H and O–H groups in total. The lowest BCUT2D eigenvalue weighted by atomic mass is 10.0. The molecule has 160 valence electrons. The van der Waals surface area contributed by atoms with Gasteiger partial charge in [0.05, 0.1) is 6.20 Å². The van der Waals surface area contributed by atoms with E-state index in [2.05, 4.69) is 24.1 Å². The maximum absolute atomic E-state index is 11.2. The van der Waals surface area contributed by atoms with Gasteiger partial charge in [-0.15, -0.1) is 0 Å². The molecular weight excluding hydrogens is 350 g/mol. The molecule has 0 saturated heterocycles. The monoisotopic (exact) mass is 392 g/mol. The van der Waals surface area contributed by atoms with E-state index < -0.39 is 5.97 Å². The summed E-state index contributed by atoms with van der Waals surface area (Å²) in [5.74, 6) is 0.0546. The van der Waals surface area contributed by atoms with E-state index in [1.807, 2.05) is 13.1 Å². The zero-order valence-electron chi connectivity index (χ0n) is 18.1. The fourth-order valence-electron chi connectivity index (χ4n) is 3.77. The van der Waals surface area contributed by atoms with Gasteiger partial charge in [-0.3, -0.25) is 5.73 Å². The number of amidine groups is 1. The first-order valence-corrected chi connectivity index (χ1v) is 11.3. The van der Waals surface area contributed by atoms with Crippen molar-refractivity contribution in [2.75, 3.05) is 6.54 Å².